The lowest BCUT2D eigenvalue weighted by atomic mass is 10.1. The van der Waals surface area contributed by atoms with Gasteiger partial charge in [-0.15, -0.1) is 0 Å². The second-order valence-corrected chi connectivity index (χ2v) is 6.36. The van der Waals surface area contributed by atoms with Gasteiger partial charge in [0, 0.05) is 28.9 Å². The number of aryl methyl sites for hydroxylation is 1. The van der Waals surface area contributed by atoms with Gasteiger partial charge in [-0.1, -0.05) is 13.3 Å². The Kier molecular flexibility index (Phi) is 3.55. The van der Waals surface area contributed by atoms with Crippen molar-refractivity contribution in [3.05, 3.63) is 29.1 Å². The maximum atomic E-state index is 11.8. The number of anilines is 1. The molecule has 1 saturated carbocycles. The molecule has 0 unspecified atom stereocenters. The first kappa shape index (κ1) is 14.9. The van der Waals surface area contributed by atoms with E-state index < -0.39 is 0 Å². The first-order valence-corrected chi connectivity index (χ1v) is 8.33. The standard InChI is InChI=1S/C17H19N5O2/c1-2-3-13-8-14(19-12-4-5-12)22-16(20-13)11(9-18-22)6-10-7-15(23)21-17(10)24/h6,8-9,12,19H,2-5,7H2,1H3,(H,21,23,24). The number of amides is 2. The third-order valence-electron chi connectivity index (χ3n) is 4.21. The lowest BCUT2D eigenvalue weighted by molar-refractivity contribution is -0.124. The molecule has 2 aromatic heterocycles. The van der Waals surface area contributed by atoms with Crippen LogP contribution in [0.25, 0.3) is 11.7 Å². The molecule has 1 aliphatic heterocycles. The van der Waals surface area contributed by atoms with Crippen LogP contribution in [0.3, 0.4) is 0 Å². The molecule has 2 amide bonds. The predicted molar refractivity (Wildman–Crippen MR) is 89.4 cm³/mol. The van der Waals surface area contributed by atoms with Gasteiger partial charge in [-0.05, 0) is 25.3 Å². The third kappa shape index (κ3) is 2.77. The lowest BCUT2D eigenvalue weighted by Gasteiger charge is -2.09. The zero-order valence-electron chi connectivity index (χ0n) is 13.5. The molecule has 0 aromatic carbocycles. The lowest BCUT2D eigenvalue weighted by Crippen LogP contribution is -2.19. The van der Waals surface area contributed by atoms with Crippen LogP contribution in [0, 0.1) is 0 Å². The number of carbonyl (C=O) groups is 2. The van der Waals surface area contributed by atoms with Gasteiger partial charge in [0.1, 0.15) is 5.82 Å². The molecule has 2 aromatic rings. The van der Waals surface area contributed by atoms with E-state index in [1.54, 1.807) is 16.8 Å². The Morgan fingerprint density at radius 3 is 2.92 bits per heavy atom. The molecule has 0 radical (unpaired) electrons. The number of rotatable bonds is 5. The van der Waals surface area contributed by atoms with Crippen molar-refractivity contribution in [1.29, 1.82) is 0 Å². The molecule has 2 fully saturated rings. The van der Waals surface area contributed by atoms with Crippen molar-refractivity contribution in [1.82, 2.24) is 19.9 Å². The minimum Gasteiger partial charge on any atom is -0.367 e. The first-order chi connectivity index (χ1) is 11.6. The normalized spacial score (nSPS) is 19.3. The predicted octanol–water partition coefficient (Wildman–Crippen LogP) is 1.69. The summed E-state index contributed by atoms with van der Waals surface area (Å²) in [6.45, 7) is 2.12. The summed E-state index contributed by atoms with van der Waals surface area (Å²) in [5.41, 5.74) is 2.92. The van der Waals surface area contributed by atoms with Crippen molar-refractivity contribution in [3.63, 3.8) is 0 Å². The van der Waals surface area contributed by atoms with E-state index >= 15 is 0 Å². The molecule has 2 N–H and O–H groups in total. The van der Waals surface area contributed by atoms with E-state index in [-0.39, 0.29) is 18.2 Å². The van der Waals surface area contributed by atoms with E-state index in [0.717, 1.165) is 29.9 Å². The Hall–Kier alpha value is -2.70. The smallest absolute Gasteiger partial charge is 0.254 e. The van der Waals surface area contributed by atoms with Gasteiger partial charge in [0.05, 0.1) is 12.6 Å². The number of carbonyl (C=O) groups excluding carboxylic acids is 2. The summed E-state index contributed by atoms with van der Waals surface area (Å²) in [6, 6.07) is 2.55. The SMILES string of the molecule is CCCc1cc(NC2CC2)n2ncc(C=C3CC(=O)NC3=O)c2n1. The molecule has 0 bridgehead atoms. The van der Waals surface area contributed by atoms with E-state index in [2.05, 4.69) is 22.7 Å². The van der Waals surface area contributed by atoms with Crippen LogP contribution < -0.4 is 10.6 Å². The highest BCUT2D eigenvalue weighted by atomic mass is 16.2. The molecule has 7 heteroatoms. The number of aromatic nitrogens is 3. The number of hydrogen-bond acceptors (Lipinski definition) is 5. The van der Waals surface area contributed by atoms with Gasteiger partial charge in [0.25, 0.3) is 5.91 Å². The topological polar surface area (TPSA) is 88.4 Å². The quantitative estimate of drug-likeness (QED) is 0.645. The number of imide groups is 1. The van der Waals surface area contributed by atoms with E-state index in [4.69, 9.17) is 4.98 Å². The molecule has 0 atom stereocenters. The Balaban J connectivity index is 1.78. The average molecular weight is 325 g/mol. The van der Waals surface area contributed by atoms with Crippen LogP contribution in [-0.2, 0) is 16.0 Å². The van der Waals surface area contributed by atoms with Crippen LogP contribution in [0.15, 0.2) is 17.8 Å². The first-order valence-electron chi connectivity index (χ1n) is 8.33. The molecule has 2 aliphatic rings. The fourth-order valence-electron chi connectivity index (χ4n) is 2.86. The van der Waals surface area contributed by atoms with E-state index in [1.807, 2.05) is 6.07 Å². The number of fused-ring (bicyclic) bond motifs is 1. The van der Waals surface area contributed by atoms with Gasteiger partial charge >= 0.3 is 0 Å². The summed E-state index contributed by atoms with van der Waals surface area (Å²) in [7, 11) is 0. The molecular formula is C17H19N5O2. The number of nitrogens with zero attached hydrogens (tertiary/aromatic N) is 3. The van der Waals surface area contributed by atoms with Crippen LogP contribution in [0.5, 0.6) is 0 Å². The van der Waals surface area contributed by atoms with E-state index in [0.29, 0.717) is 17.3 Å². The minimum absolute atomic E-state index is 0.109. The van der Waals surface area contributed by atoms with E-state index in [1.165, 1.54) is 12.8 Å². The zero-order valence-corrected chi connectivity index (χ0v) is 13.5. The van der Waals surface area contributed by atoms with Crippen molar-refractivity contribution in [2.45, 2.75) is 45.1 Å². The zero-order chi connectivity index (χ0) is 16.7. The minimum atomic E-state index is -0.333. The second-order valence-electron chi connectivity index (χ2n) is 6.36. The third-order valence-corrected chi connectivity index (χ3v) is 4.21. The highest BCUT2D eigenvalue weighted by molar-refractivity contribution is 6.15. The van der Waals surface area contributed by atoms with Crippen molar-refractivity contribution in [2.24, 2.45) is 0 Å². The van der Waals surface area contributed by atoms with Crippen molar-refractivity contribution in [2.75, 3.05) is 5.32 Å². The maximum Gasteiger partial charge on any atom is 0.254 e. The molecule has 3 heterocycles. The Labute approximate surface area is 139 Å². The summed E-state index contributed by atoms with van der Waals surface area (Å²) >= 11 is 0. The van der Waals surface area contributed by atoms with Crippen LogP contribution in [0.1, 0.15) is 43.9 Å². The molecule has 124 valence electrons. The van der Waals surface area contributed by atoms with Crippen molar-refractivity contribution < 1.29 is 9.59 Å². The van der Waals surface area contributed by atoms with Gasteiger partial charge < -0.3 is 5.32 Å². The van der Waals surface area contributed by atoms with E-state index in [9.17, 15) is 9.59 Å². The summed E-state index contributed by atoms with van der Waals surface area (Å²) in [5.74, 6) is 0.335. The molecule has 4 rings (SSSR count). The summed E-state index contributed by atoms with van der Waals surface area (Å²) < 4.78 is 1.78. The van der Waals surface area contributed by atoms with Crippen molar-refractivity contribution >= 4 is 29.4 Å². The highest BCUT2D eigenvalue weighted by Crippen LogP contribution is 2.27. The van der Waals surface area contributed by atoms with Crippen LogP contribution in [0.4, 0.5) is 5.82 Å². The molecule has 0 spiro atoms. The molecule has 1 aliphatic carbocycles. The highest BCUT2D eigenvalue weighted by Gasteiger charge is 2.25. The second kappa shape index (κ2) is 5.74. The largest absolute Gasteiger partial charge is 0.367 e. The summed E-state index contributed by atoms with van der Waals surface area (Å²) in [4.78, 5) is 27.8. The monoisotopic (exact) mass is 325 g/mol. The number of hydrogen-bond donors (Lipinski definition) is 2. The molecule has 1 saturated heterocycles. The fraction of sp³-hybridized carbons (Fsp3) is 0.412. The van der Waals surface area contributed by atoms with Gasteiger partial charge in [-0.25, -0.2) is 4.98 Å². The Morgan fingerprint density at radius 1 is 1.42 bits per heavy atom. The molecular weight excluding hydrogens is 306 g/mol. The maximum absolute atomic E-state index is 11.8. The molecule has 7 nitrogen and oxygen atoms in total. The average Bonchev–Trinajstić information content (AvgIpc) is 3.17. The fourth-order valence-corrected chi connectivity index (χ4v) is 2.86. The van der Waals surface area contributed by atoms with Gasteiger partial charge in [0.15, 0.2) is 5.65 Å². The van der Waals surface area contributed by atoms with Gasteiger partial charge in [-0.2, -0.15) is 9.61 Å². The Morgan fingerprint density at radius 2 is 2.25 bits per heavy atom. The summed E-state index contributed by atoms with van der Waals surface area (Å²) in [5, 5.41) is 10.2. The summed E-state index contributed by atoms with van der Waals surface area (Å²) in [6.07, 6.45) is 7.76. The van der Waals surface area contributed by atoms with Crippen molar-refractivity contribution in [3.8, 4) is 0 Å². The molecule has 24 heavy (non-hydrogen) atoms. The van der Waals surface area contributed by atoms with Crippen LogP contribution in [-0.4, -0.2) is 32.5 Å². The van der Waals surface area contributed by atoms with Crippen LogP contribution in [0.2, 0.25) is 0 Å². The number of nitrogens with one attached hydrogen (secondary N) is 2. The Bertz CT molecular complexity index is 863. The van der Waals surface area contributed by atoms with Gasteiger partial charge in [-0.3, -0.25) is 14.9 Å². The van der Waals surface area contributed by atoms with Crippen LogP contribution >= 0.6 is 0 Å². The van der Waals surface area contributed by atoms with Gasteiger partial charge in [0.2, 0.25) is 5.91 Å².